The van der Waals surface area contributed by atoms with Crippen LogP contribution < -0.4 is 10.6 Å². The second-order valence-corrected chi connectivity index (χ2v) is 9.21. The molecule has 2 aromatic carbocycles. The highest BCUT2D eigenvalue weighted by atomic mass is 16.6. The largest absolute Gasteiger partial charge is 0.481 e. The number of nitrogens with one attached hydrogen (secondary N) is 2. The van der Waals surface area contributed by atoms with E-state index in [-0.39, 0.29) is 24.5 Å². The monoisotopic (exact) mass is 464 g/mol. The Labute approximate surface area is 197 Å². The van der Waals surface area contributed by atoms with E-state index in [0.717, 1.165) is 22.3 Å². The third-order valence-corrected chi connectivity index (χ3v) is 7.13. The second kappa shape index (κ2) is 9.46. The van der Waals surface area contributed by atoms with Gasteiger partial charge in [0, 0.05) is 18.6 Å². The zero-order chi connectivity index (χ0) is 23.7. The number of aliphatic carboxylic acids is 1. The first-order valence-corrected chi connectivity index (χ1v) is 11.8. The lowest BCUT2D eigenvalue weighted by Gasteiger charge is -2.22. The molecule has 178 valence electrons. The Morgan fingerprint density at radius 2 is 1.62 bits per heavy atom. The van der Waals surface area contributed by atoms with Crippen molar-refractivity contribution in [3.8, 4) is 11.1 Å². The summed E-state index contributed by atoms with van der Waals surface area (Å²) in [6.45, 7) is 0.553. The van der Waals surface area contributed by atoms with Crippen LogP contribution in [0.2, 0.25) is 0 Å². The van der Waals surface area contributed by atoms with Crippen molar-refractivity contribution in [3.05, 3.63) is 59.7 Å². The molecule has 3 aliphatic rings. The van der Waals surface area contributed by atoms with Crippen LogP contribution in [0.1, 0.15) is 42.7 Å². The normalized spacial score (nSPS) is 25.4. The molecule has 1 saturated carbocycles. The molecule has 2 amide bonds. The van der Waals surface area contributed by atoms with Gasteiger partial charge < -0.3 is 25.2 Å². The number of carboxylic acid groups (broad SMARTS) is 1. The number of ether oxygens (including phenoxy) is 2. The number of alkyl carbamates (subject to hydrolysis) is 1. The zero-order valence-corrected chi connectivity index (χ0v) is 18.7. The van der Waals surface area contributed by atoms with E-state index in [1.165, 1.54) is 0 Å². The minimum atomic E-state index is -0.830. The Kier molecular flexibility index (Phi) is 6.24. The molecule has 0 spiro atoms. The molecule has 2 aromatic rings. The summed E-state index contributed by atoms with van der Waals surface area (Å²) in [5.74, 6) is -1.62. The summed E-state index contributed by atoms with van der Waals surface area (Å²) in [7, 11) is 0. The molecule has 4 unspecified atom stereocenters. The quantitative estimate of drug-likeness (QED) is 0.606. The summed E-state index contributed by atoms with van der Waals surface area (Å²) in [4.78, 5) is 36.5. The maximum absolute atomic E-state index is 12.7. The highest BCUT2D eigenvalue weighted by Gasteiger charge is 2.38. The van der Waals surface area contributed by atoms with Crippen LogP contribution in [0.3, 0.4) is 0 Å². The average Bonchev–Trinajstić information content (AvgIpc) is 3.56. The van der Waals surface area contributed by atoms with Gasteiger partial charge in [0.05, 0.1) is 12.0 Å². The number of carboxylic acids is 1. The molecule has 1 saturated heterocycles. The van der Waals surface area contributed by atoms with E-state index in [2.05, 4.69) is 34.9 Å². The number of carbonyl (C=O) groups excluding carboxylic acids is 2. The van der Waals surface area contributed by atoms with E-state index in [1.807, 2.05) is 24.3 Å². The SMILES string of the molecule is O=C(NC1CCOC1C(=O)NC1CCC(C(=O)O)C1)OCC1c2ccccc2-c2ccccc21. The van der Waals surface area contributed by atoms with Crippen molar-refractivity contribution in [2.45, 2.75) is 49.8 Å². The molecule has 8 nitrogen and oxygen atoms in total. The van der Waals surface area contributed by atoms with Crippen molar-refractivity contribution in [3.63, 3.8) is 0 Å². The van der Waals surface area contributed by atoms with Crippen molar-refractivity contribution in [2.75, 3.05) is 13.2 Å². The van der Waals surface area contributed by atoms with Gasteiger partial charge in [-0.15, -0.1) is 0 Å². The van der Waals surface area contributed by atoms with Gasteiger partial charge in [0.1, 0.15) is 6.61 Å². The first-order valence-electron chi connectivity index (χ1n) is 11.8. The summed E-state index contributed by atoms with van der Waals surface area (Å²) >= 11 is 0. The highest BCUT2D eigenvalue weighted by Crippen LogP contribution is 2.44. The highest BCUT2D eigenvalue weighted by molar-refractivity contribution is 5.83. The van der Waals surface area contributed by atoms with E-state index >= 15 is 0 Å². The molecule has 0 aromatic heterocycles. The number of fused-ring (bicyclic) bond motifs is 3. The first-order chi connectivity index (χ1) is 16.5. The van der Waals surface area contributed by atoms with Crippen molar-refractivity contribution >= 4 is 18.0 Å². The van der Waals surface area contributed by atoms with E-state index in [4.69, 9.17) is 14.6 Å². The number of amides is 2. The first kappa shape index (κ1) is 22.4. The smallest absolute Gasteiger partial charge is 0.407 e. The maximum atomic E-state index is 12.7. The van der Waals surface area contributed by atoms with Crippen LogP contribution in [0.5, 0.6) is 0 Å². The van der Waals surface area contributed by atoms with Gasteiger partial charge in [-0.25, -0.2) is 4.79 Å². The van der Waals surface area contributed by atoms with E-state index in [0.29, 0.717) is 32.3 Å². The van der Waals surface area contributed by atoms with E-state index in [9.17, 15) is 14.4 Å². The van der Waals surface area contributed by atoms with Gasteiger partial charge in [-0.05, 0) is 47.9 Å². The summed E-state index contributed by atoms with van der Waals surface area (Å²) < 4.78 is 11.2. The minimum Gasteiger partial charge on any atom is -0.481 e. The molecule has 4 atom stereocenters. The topological polar surface area (TPSA) is 114 Å². The number of hydrogen-bond donors (Lipinski definition) is 3. The van der Waals surface area contributed by atoms with E-state index in [1.54, 1.807) is 0 Å². The van der Waals surface area contributed by atoms with Crippen LogP contribution in [0, 0.1) is 5.92 Å². The lowest BCUT2D eigenvalue weighted by atomic mass is 9.98. The molecular formula is C26H28N2O6. The van der Waals surface area contributed by atoms with Gasteiger partial charge in [-0.1, -0.05) is 48.5 Å². The number of benzene rings is 2. The summed E-state index contributed by atoms with van der Waals surface area (Å²) in [5, 5.41) is 14.8. The van der Waals surface area contributed by atoms with Gasteiger partial charge in [-0.3, -0.25) is 9.59 Å². The van der Waals surface area contributed by atoms with Gasteiger partial charge in [0.2, 0.25) is 0 Å². The predicted molar refractivity (Wildman–Crippen MR) is 123 cm³/mol. The molecule has 5 rings (SSSR count). The molecule has 1 heterocycles. The number of carbonyl (C=O) groups is 3. The van der Waals surface area contributed by atoms with Gasteiger partial charge in [0.15, 0.2) is 6.10 Å². The minimum absolute atomic E-state index is 0.0402. The predicted octanol–water partition coefficient (Wildman–Crippen LogP) is 3.05. The van der Waals surface area contributed by atoms with Gasteiger partial charge in [-0.2, -0.15) is 0 Å². The summed E-state index contributed by atoms with van der Waals surface area (Å²) in [6, 6.07) is 15.6. The third-order valence-electron chi connectivity index (χ3n) is 7.13. The summed E-state index contributed by atoms with van der Waals surface area (Å²) in [6.07, 6.45) is 0.696. The zero-order valence-electron chi connectivity index (χ0n) is 18.7. The Bertz CT molecular complexity index is 1060. The fourth-order valence-corrected chi connectivity index (χ4v) is 5.41. The van der Waals surface area contributed by atoms with Crippen molar-refractivity contribution in [1.82, 2.24) is 10.6 Å². The lowest BCUT2D eigenvalue weighted by molar-refractivity contribution is -0.141. The molecule has 3 N–H and O–H groups in total. The number of hydrogen-bond acceptors (Lipinski definition) is 5. The molecule has 1 aliphatic heterocycles. The standard InChI is InChI=1S/C26H28N2O6/c29-24(27-16-10-9-15(13-16)25(30)31)23-22(11-12-33-23)28-26(32)34-14-21-19-7-3-1-5-17(19)18-6-2-4-8-20(18)21/h1-8,15-16,21-23H,9-14H2,(H,27,29)(H,28,32)(H,30,31). The van der Waals surface area contributed by atoms with E-state index < -0.39 is 30.1 Å². The maximum Gasteiger partial charge on any atom is 0.407 e. The molecule has 8 heteroatoms. The fraction of sp³-hybridized carbons (Fsp3) is 0.423. The lowest BCUT2D eigenvalue weighted by Crippen LogP contribution is -2.50. The Morgan fingerprint density at radius 3 is 2.26 bits per heavy atom. The van der Waals surface area contributed by atoms with Crippen LogP contribution in [-0.2, 0) is 19.1 Å². The van der Waals surface area contributed by atoms with Crippen molar-refractivity contribution in [1.29, 1.82) is 0 Å². The second-order valence-electron chi connectivity index (χ2n) is 9.21. The Balaban J connectivity index is 1.17. The van der Waals surface area contributed by atoms with Crippen LogP contribution in [0.25, 0.3) is 11.1 Å². The molecule has 34 heavy (non-hydrogen) atoms. The average molecular weight is 465 g/mol. The molecule has 0 radical (unpaired) electrons. The molecule has 0 bridgehead atoms. The van der Waals surface area contributed by atoms with Gasteiger partial charge in [0.25, 0.3) is 5.91 Å². The van der Waals surface area contributed by atoms with Crippen LogP contribution in [-0.4, -0.2) is 54.5 Å². The third kappa shape index (κ3) is 4.37. The van der Waals surface area contributed by atoms with Crippen molar-refractivity contribution in [2.24, 2.45) is 5.92 Å². The van der Waals surface area contributed by atoms with Crippen LogP contribution >= 0.6 is 0 Å². The summed E-state index contributed by atoms with van der Waals surface area (Å²) in [5.41, 5.74) is 4.58. The fourth-order valence-electron chi connectivity index (χ4n) is 5.41. The van der Waals surface area contributed by atoms with Crippen molar-refractivity contribution < 1.29 is 29.0 Å². The molecule has 2 aliphatic carbocycles. The molecular weight excluding hydrogens is 436 g/mol. The molecule has 2 fully saturated rings. The Hall–Kier alpha value is -3.39. The Morgan fingerprint density at radius 1 is 0.941 bits per heavy atom. The van der Waals surface area contributed by atoms with Crippen LogP contribution in [0.4, 0.5) is 4.79 Å². The van der Waals surface area contributed by atoms with Gasteiger partial charge >= 0.3 is 12.1 Å². The van der Waals surface area contributed by atoms with Crippen LogP contribution in [0.15, 0.2) is 48.5 Å². The number of rotatable bonds is 6.